The van der Waals surface area contributed by atoms with Crippen molar-refractivity contribution in [3.8, 4) is 28.5 Å². The maximum absolute atomic E-state index is 9.96. The highest BCUT2D eigenvalue weighted by Crippen LogP contribution is 2.33. The van der Waals surface area contributed by atoms with Gasteiger partial charge in [0.1, 0.15) is 11.1 Å². The second kappa shape index (κ2) is 9.73. The molecule has 0 unspecified atom stereocenters. The lowest BCUT2D eigenvalue weighted by molar-refractivity contribution is -0.902. The fourth-order valence-electron chi connectivity index (χ4n) is 3.93. The number of thioether (sulfide) groups is 1. The highest BCUT2D eigenvalue weighted by Gasteiger charge is 2.17. The first kappa shape index (κ1) is 19.7. The SMILES string of the molecule is N#Cc1c(-c2ccccc2)cc(-c2ccccc2)nc1SCC[NH+]1CCCCC1. The molecule has 3 nitrogen and oxygen atoms in total. The molecule has 0 amide bonds. The second-order valence-electron chi connectivity index (χ2n) is 7.49. The molecule has 1 aromatic heterocycles. The van der Waals surface area contributed by atoms with E-state index >= 15 is 0 Å². The van der Waals surface area contributed by atoms with E-state index in [1.807, 2.05) is 36.4 Å². The summed E-state index contributed by atoms with van der Waals surface area (Å²) in [5.41, 5.74) is 4.73. The molecule has 1 saturated heterocycles. The Kier molecular flexibility index (Phi) is 6.61. The van der Waals surface area contributed by atoms with Gasteiger partial charge in [-0.25, -0.2) is 4.98 Å². The Hall–Kier alpha value is -2.61. The van der Waals surface area contributed by atoms with E-state index in [9.17, 15) is 5.26 Å². The van der Waals surface area contributed by atoms with E-state index in [1.54, 1.807) is 16.7 Å². The molecule has 3 aromatic rings. The maximum atomic E-state index is 9.96. The molecule has 4 rings (SSSR count). The van der Waals surface area contributed by atoms with Crippen LogP contribution in [0.25, 0.3) is 22.4 Å². The van der Waals surface area contributed by atoms with Gasteiger partial charge in [-0.1, -0.05) is 72.4 Å². The van der Waals surface area contributed by atoms with Crippen LogP contribution in [0.4, 0.5) is 0 Å². The zero-order chi connectivity index (χ0) is 19.9. The average Bonchev–Trinajstić information content (AvgIpc) is 2.80. The summed E-state index contributed by atoms with van der Waals surface area (Å²) in [7, 11) is 0. The van der Waals surface area contributed by atoms with Crippen molar-refractivity contribution in [3.05, 3.63) is 72.3 Å². The minimum atomic E-state index is 0.689. The molecule has 0 aliphatic carbocycles. The monoisotopic (exact) mass is 400 g/mol. The summed E-state index contributed by atoms with van der Waals surface area (Å²) in [6.07, 6.45) is 4.04. The molecule has 1 fully saturated rings. The van der Waals surface area contributed by atoms with Crippen molar-refractivity contribution < 1.29 is 4.90 Å². The molecule has 2 heterocycles. The van der Waals surface area contributed by atoms with Crippen LogP contribution in [0, 0.1) is 11.3 Å². The van der Waals surface area contributed by atoms with Crippen molar-refractivity contribution in [2.24, 2.45) is 0 Å². The normalized spacial score (nSPS) is 14.4. The van der Waals surface area contributed by atoms with Gasteiger partial charge in [-0.2, -0.15) is 5.26 Å². The van der Waals surface area contributed by atoms with Gasteiger partial charge in [0.15, 0.2) is 0 Å². The van der Waals surface area contributed by atoms with Crippen LogP contribution in [0.2, 0.25) is 0 Å². The van der Waals surface area contributed by atoms with Crippen molar-refractivity contribution in [2.75, 3.05) is 25.4 Å². The average molecular weight is 401 g/mol. The number of hydrogen-bond acceptors (Lipinski definition) is 3. The van der Waals surface area contributed by atoms with Crippen LogP contribution in [0.15, 0.2) is 71.8 Å². The molecule has 0 radical (unpaired) electrons. The first-order valence-corrected chi connectivity index (χ1v) is 11.4. The number of aromatic nitrogens is 1. The summed E-state index contributed by atoms with van der Waals surface area (Å²) in [5, 5.41) is 10.8. The highest BCUT2D eigenvalue weighted by atomic mass is 32.2. The summed E-state index contributed by atoms with van der Waals surface area (Å²) in [5.74, 6) is 0.990. The van der Waals surface area contributed by atoms with Gasteiger partial charge in [-0.15, -0.1) is 0 Å². The number of piperidine rings is 1. The number of benzene rings is 2. The molecule has 0 spiro atoms. The van der Waals surface area contributed by atoms with Gasteiger partial charge in [0.25, 0.3) is 0 Å². The number of quaternary nitrogens is 1. The third-order valence-electron chi connectivity index (χ3n) is 5.51. The number of likely N-dealkylation sites (tertiary alicyclic amines) is 1. The number of rotatable bonds is 6. The molecular weight excluding hydrogens is 374 g/mol. The fourth-order valence-corrected chi connectivity index (χ4v) is 4.98. The lowest BCUT2D eigenvalue weighted by atomic mass is 9.99. The molecular formula is C25H26N3S+. The maximum Gasteiger partial charge on any atom is 0.115 e. The van der Waals surface area contributed by atoms with E-state index in [4.69, 9.17) is 4.98 Å². The van der Waals surface area contributed by atoms with Gasteiger partial charge in [-0.3, -0.25) is 0 Å². The molecule has 1 N–H and O–H groups in total. The Morgan fingerprint density at radius 3 is 2.21 bits per heavy atom. The van der Waals surface area contributed by atoms with E-state index in [2.05, 4.69) is 36.4 Å². The smallest absolute Gasteiger partial charge is 0.115 e. The first-order valence-electron chi connectivity index (χ1n) is 10.4. The minimum absolute atomic E-state index is 0.689. The lowest BCUT2D eigenvalue weighted by Crippen LogP contribution is -3.13. The van der Waals surface area contributed by atoms with Crippen LogP contribution in [0.3, 0.4) is 0 Å². The fraction of sp³-hybridized carbons (Fsp3) is 0.280. The number of nitrogens with zero attached hydrogens (tertiary/aromatic N) is 2. The summed E-state index contributed by atoms with van der Waals surface area (Å²) < 4.78 is 0. The van der Waals surface area contributed by atoms with E-state index < -0.39 is 0 Å². The van der Waals surface area contributed by atoms with Crippen LogP contribution < -0.4 is 4.90 Å². The van der Waals surface area contributed by atoms with Gasteiger partial charge in [0, 0.05) is 16.9 Å². The first-order chi connectivity index (χ1) is 14.3. The van der Waals surface area contributed by atoms with Crippen molar-refractivity contribution in [2.45, 2.75) is 24.3 Å². The predicted octanol–water partition coefficient (Wildman–Crippen LogP) is 4.45. The number of pyridine rings is 1. The third-order valence-corrected chi connectivity index (χ3v) is 6.48. The van der Waals surface area contributed by atoms with Crippen LogP contribution in [-0.4, -0.2) is 30.4 Å². The third kappa shape index (κ3) is 4.87. The van der Waals surface area contributed by atoms with Crippen LogP contribution in [0.1, 0.15) is 24.8 Å². The van der Waals surface area contributed by atoms with Gasteiger partial charge < -0.3 is 4.90 Å². The van der Waals surface area contributed by atoms with Crippen molar-refractivity contribution >= 4 is 11.8 Å². The van der Waals surface area contributed by atoms with E-state index in [-0.39, 0.29) is 0 Å². The Morgan fingerprint density at radius 1 is 0.897 bits per heavy atom. The Bertz CT molecular complexity index is 974. The molecule has 2 aromatic carbocycles. The molecule has 29 heavy (non-hydrogen) atoms. The number of nitrogens with one attached hydrogen (secondary N) is 1. The van der Waals surface area contributed by atoms with Crippen molar-refractivity contribution in [1.82, 2.24) is 4.98 Å². The van der Waals surface area contributed by atoms with Gasteiger partial charge in [0.05, 0.1) is 30.9 Å². The summed E-state index contributed by atoms with van der Waals surface area (Å²) in [6.45, 7) is 3.68. The minimum Gasteiger partial charge on any atom is -0.334 e. The van der Waals surface area contributed by atoms with Gasteiger partial charge >= 0.3 is 0 Å². The number of nitriles is 1. The highest BCUT2D eigenvalue weighted by molar-refractivity contribution is 7.99. The molecule has 0 atom stereocenters. The van der Waals surface area contributed by atoms with Gasteiger partial charge in [0.2, 0.25) is 0 Å². The Labute approximate surface area is 177 Å². The van der Waals surface area contributed by atoms with E-state index in [0.717, 1.165) is 39.7 Å². The molecule has 4 heteroatoms. The number of hydrogen-bond donors (Lipinski definition) is 1. The molecule has 1 aliphatic rings. The van der Waals surface area contributed by atoms with Crippen LogP contribution in [-0.2, 0) is 0 Å². The topological polar surface area (TPSA) is 41.1 Å². The zero-order valence-electron chi connectivity index (χ0n) is 16.6. The molecule has 0 saturated carbocycles. The Morgan fingerprint density at radius 2 is 1.55 bits per heavy atom. The molecule has 146 valence electrons. The zero-order valence-corrected chi connectivity index (χ0v) is 17.4. The standard InChI is InChI=1S/C25H25N3S/c26-19-23-22(20-10-4-1-5-11-20)18-24(21-12-6-2-7-13-21)27-25(23)29-17-16-28-14-8-3-9-15-28/h1-2,4-7,10-13,18H,3,8-9,14-17H2/p+1. The van der Waals surface area contributed by atoms with Crippen molar-refractivity contribution in [1.29, 1.82) is 5.26 Å². The largest absolute Gasteiger partial charge is 0.334 e. The summed E-state index contributed by atoms with van der Waals surface area (Å²) in [4.78, 5) is 6.60. The summed E-state index contributed by atoms with van der Waals surface area (Å²) >= 11 is 1.73. The molecule has 0 bridgehead atoms. The van der Waals surface area contributed by atoms with Crippen molar-refractivity contribution in [3.63, 3.8) is 0 Å². The van der Waals surface area contributed by atoms with E-state index in [0.29, 0.717) is 5.56 Å². The lowest BCUT2D eigenvalue weighted by Gasteiger charge is -2.23. The summed E-state index contributed by atoms with van der Waals surface area (Å²) in [6, 6.07) is 24.9. The van der Waals surface area contributed by atoms with Gasteiger partial charge in [-0.05, 0) is 30.9 Å². The van der Waals surface area contributed by atoms with Crippen LogP contribution in [0.5, 0.6) is 0 Å². The quantitative estimate of drug-likeness (QED) is 0.622. The second-order valence-corrected chi connectivity index (χ2v) is 8.57. The Balaban J connectivity index is 1.67. The van der Waals surface area contributed by atoms with E-state index in [1.165, 1.54) is 32.4 Å². The predicted molar refractivity (Wildman–Crippen MR) is 120 cm³/mol. The van der Waals surface area contributed by atoms with Crippen LogP contribution >= 0.6 is 11.8 Å². The molecule has 1 aliphatic heterocycles.